The van der Waals surface area contributed by atoms with Gasteiger partial charge in [0.05, 0.1) is 6.04 Å². The van der Waals surface area contributed by atoms with Gasteiger partial charge in [0.2, 0.25) is 11.7 Å². The van der Waals surface area contributed by atoms with Gasteiger partial charge in [-0.05, 0) is 54.6 Å². The predicted molar refractivity (Wildman–Crippen MR) is 105 cm³/mol. The third-order valence-corrected chi connectivity index (χ3v) is 4.28. The number of rotatable bonds is 6. The molecule has 0 bridgehead atoms. The molecule has 2 aromatic heterocycles. The van der Waals surface area contributed by atoms with E-state index < -0.39 is 12.0 Å². The zero-order valence-corrected chi connectivity index (χ0v) is 15.7. The Balaban J connectivity index is 1.90. The van der Waals surface area contributed by atoms with Crippen molar-refractivity contribution in [3.05, 3.63) is 88.0 Å². The molecule has 1 unspecified atom stereocenters. The number of hydrogen-bond donors (Lipinski definition) is 2. The minimum absolute atomic E-state index is 0.0785. The van der Waals surface area contributed by atoms with Gasteiger partial charge < -0.3 is 5.32 Å². The van der Waals surface area contributed by atoms with E-state index in [1.54, 1.807) is 43.5 Å². The Morgan fingerprint density at radius 1 is 1.25 bits per heavy atom. The number of Topliss-reactive ketones (excluding diaryl/α,β-unsaturated/α-hetero) is 1. The summed E-state index contributed by atoms with van der Waals surface area (Å²) in [7, 11) is 1.68. The Morgan fingerprint density at radius 2 is 2.00 bits per heavy atom. The van der Waals surface area contributed by atoms with Crippen LogP contribution in [0.15, 0.2) is 54.7 Å². The fraction of sp³-hybridized carbons (Fsp3) is 0.100. The van der Waals surface area contributed by atoms with E-state index >= 15 is 0 Å². The van der Waals surface area contributed by atoms with Gasteiger partial charge in [-0.2, -0.15) is 9.49 Å². The number of benzene rings is 1. The smallest absolute Gasteiger partial charge is 0.213 e. The van der Waals surface area contributed by atoms with Crippen molar-refractivity contribution in [2.24, 2.45) is 0 Å². The monoisotopic (exact) mass is 397 g/mol. The summed E-state index contributed by atoms with van der Waals surface area (Å²) in [5.74, 6) is -0.850. The summed E-state index contributed by atoms with van der Waals surface area (Å²) in [6.45, 7) is 0. The van der Waals surface area contributed by atoms with E-state index in [1.165, 1.54) is 35.3 Å². The molecule has 2 N–H and O–H groups in total. The maximum atomic E-state index is 13.2. The number of likely N-dealkylation sites (N-methyl/N-ethyl adjacent to an activating group) is 1. The maximum absolute atomic E-state index is 13.2. The van der Waals surface area contributed by atoms with E-state index in [1.807, 2.05) is 0 Å². The molecular formula is C20H17ClFN5O. The molecule has 142 valence electrons. The molecule has 3 aromatic rings. The van der Waals surface area contributed by atoms with Crippen LogP contribution >= 0.6 is 11.6 Å². The highest BCUT2D eigenvalue weighted by molar-refractivity contribution is 6.30. The highest BCUT2D eigenvalue weighted by Crippen LogP contribution is 2.19. The summed E-state index contributed by atoms with van der Waals surface area (Å²) in [5, 5.41) is 15.8. The van der Waals surface area contributed by atoms with Crippen LogP contribution in [0.25, 0.3) is 12.3 Å². The Labute approximate surface area is 165 Å². The largest absolute Gasteiger partial charge is 0.307 e. The molecule has 1 aromatic carbocycles. The Bertz CT molecular complexity index is 1080. The van der Waals surface area contributed by atoms with Crippen LogP contribution in [0.1, 0.15) is 27.7 Å². The van der Waals surface area contributed by atoms with Gasteiger partial charge in [-0.3, -0.25) is 10.2 Å². The van der Waals surface area contributed by atoms with Crippen LogP contribution in [0.4, 0.5) is 4.39 Å². The molecule has 3 rings (SSSR count). The Morgan fingerprint density at radius 3 is 2.68 bits per heavy atom. The molecule has 0 fully saturated rings. The molecule has 0 aliphatic rings. The predicted octanol–water partition coefficient (Wildman–Crippen LogP) is 3.32. The van der Waals surface area contributed by atoms with Crippen molar-refractivity contribution < 1.29 is 9.18 Å². The molecule has 0 saturated carbocycles. The van der Waals surface area contributed by atoms with Gasteiger partial charge in [-0.25, -0.2) is 9.67 Å². The number of nitrogens with zero attached hydrogens (tertiary/aromatic N) is 3. The van der Waals surface area contributed by atoms with Gasteiger partial charge >= 0.3 is 0 Å². The molecule has 1 atom stereocenters. The molecule has 0 amide bonds. The van der Waals surface area contributed by atoms with Crippen molar-refractivity contribution in [1.29, 1.82) is 5.41 Å². The van der Waals surface area contributed by atoms with Crippen LogP contribution in [0.3, 0.4) is 0 Å². The third-order valence-electron chi connectivity index (χ3n) is 4.03. The number of nitrogens with one attached hydrogen (secondary N) is 2. The SMILES string of the molecule is CNC(C(=O)c1ccc(=N)n(/C=C/c2ccnc(F)c2)n1)c1ccc(Cl)cc1. The minimum Gasteiger partial charge on any atom is -0.307 e. The number of halogens is 2. The fourth-order valence-corrected chi connectivity index (χ4v) is 2.74. The topological polar surface area (TPSA) is 83.7 Å². The first-order valence-electron chi connectivity index (χ1n) is 8.39. The van der Waals surface area contributed by atoms with Gasteiger partial charge in [0.1, 0.15) is 11.2 Å². The lowest BCUT2D eigenvalue weighted by Gasteiger charge is -2.15. The van der Waals surface area contributed by atoms with Crippen LogP contribution in [-0.4, -0.2) is 27.6 Å². The minimum atomic E-state index is -0.604. The average Bonchev–Trinajstić information content (AvgIpc) is 2.69. The van der Waals surface area contributed by atoms with E-state index in [9.17, 15) is 9.18 Å². The lowest BCUT2D eigenvalue weighted by Crippen LogP contribution is -2.28. The van der Waals surface area contributed by atoms with Crippen molar-refractivity contribution in [2.75, 3.05) is 7.05 Å². The first-order chi connectivity index (χ1) is 13.5. The number of hydrogen-bond acceptors (Lipinski definition) is 5. The zero-order chi connectivity index (χ0) is 20.1. The fourth-order valence-electron chi connectivity index (χ4n) is 2.61. The molecular weight excluding hydrogens is 381 g/mol. The molecule has 0 spiro atoms. The van der Waals surface area contributed by atoms with Crippen LogP contribution in [-0.2, 0) is 0 Å². The molecule has 0 aliphatic heterocycles. The third kappa shape index (κ3) is 4.57. The van der Waals surface area contributed by atoms with E-state index in [0.29, 0.717) is 10.6 Å². The van der Waals surface area contributed by atoms with E-state index in [-0.39, 0.29) is 17.0 Å². The number of carbonyl (C=O) groups excluding carboxylic acids is 1. The van der Waals surface area contributed by atoms with Crippen molar-refractivity contribution >= 4 is 29.7 Å². The van der Waals surface area contributed by atoms with E-state index in [2.05, 4.69) is 15.4 Å². The maximum Gasteiger partial charge on any atom is 0.213 e. The Kier molecular flexibility index (Phi) is 6.08. The summed E-state index contributed by atoms with van der Waals surface area (Å²) in [6.07, 6.45) is 4.42. The summed E-state index contributed by atoms with van der Waals surface area (Å²) < 4.78 is 14.4. The van der Waals surface area contributed by atoms with Crippen LogP contribution in [0, 0.1) is 11.4 Å². The summed E-state index contributed by atoms with van der Waals surface area (Å²) in [4.78, 5) is 16.4. The van der Waals surface area contributed by atoms with Gasteiger partial charge in [-0.1, -0.05) is 23.7 Å². The van der Waals surface area contributed by atoms with Gasteiger partial charge in [0, 0.05) is 23.5 Å². The zero-order valence-electron chi connectivity index (χ0n) is 14.9. The molecule has 28 heavy (non-hydrogen) atoms. The molecule has 0 aliphatic carbocycles. The summed E-state index contributed by atoms with van der Waals surface area (Å²) >= 11 is 5.91. The van der Waals surface area contributed by atoms with Crippen molar-refractivity contribution in [3.8, 4) is 0 Å². The van der Waals surface area contributed by atoms with E-state index in [4.69, 9.17) is 17.0 Å². The molecule has 0 saturated heterocycles. The van der Waals surface area contributed by atoms with Gasteiger partial charge in [0.25, 0.3) is 0 Å². The van der Waals surface area contributed by atoms with Crippen LogP contribution in [0.5, 0.6) is 0 Å². The normalized spacial score (nSPS) is 12.2. The highest BCUT2D eigenvalue weighted by atomic mass is 35.5. The lowest BCUT2D eigenvalue weighted by atomic mass is 10.0. The number of pyridine rings is 1. The molecule has 8 heteroatoms. The number of aromatic nitrogens is 3. The van der Waals surface area contributed by atoms with Crippen LogP contribution < -0.4 is 10.8 Å². The average molecular weight is 398 g/mol. The first kappa shape index (κ1) is 19.6. The van der Waals surface area contributed by atoms with Gasteiger partial charge in [0.15, 0.2) is 0 Å². The van der Waals surface area contributed by atoms with Crippen LogP contribution in [0.2, 0.25) is 5.02 Å². The molecule has 6 nitrogen and oxygen atoms in total. The van der Waals surface area contributed by atoms with Gasteiger partial charge in [-0.15, -0.1) is 0 Å². The number of carbonyl (C=O) groups is 1. The summed E-state index contributed by atoms with van der Waals surface area (Å²) in [6, 6.07) is 12.2. The second-order valence-electron chi connectivity index (χ2n) is 5.91. The second-order valence-corrected chi connectivity index (χ2v) is 6.35. The summed E-state index contributed by atoms with van der Waals surface area (Å²) in [5.41, 5.74) is 1.58. The lowest BCUT2D eigenvalue weighted by molar-refractivity contribution is 0.0940. The second kappa shape index (κ2) is 8.69. The highest BCUT2D eigenvalue weighted by Gasteiger charge is 2.22. The molecule has 2 heterocycles. The van der Waals surface area contributed by atoms with E-state index in [0.717, 1.165) is 5.56 Å². The first-order valence-corrected chi connectivity index (χ1v) is 8.77. The van der Waals surface area contributed by atoms with Crippen molar-refractivity contribution in [3.63, 3.8) is 0 Å². The Hall–Kier alpha value is -3.16. The molecule has 0 radical (unpaired) electrons. The number of ketones is 1. The standard InChI is InChI=1S/C20H17ClFN5O/c1-24-19(14-2-4-15(21)5-3-14)20(28)16-6-7-18(23)27(26-16)11-9-13-8-10-25-17(22)12-13/h2-12,19,23-24H,1H3/b11-9+,23-18?. The van der Waals surface area contributed by atoms with Crippen molar-refractivity contribution in [2.45, 2.75) is 6.04 Å². The quantitative estimate of drug-likeness (QED) is 0.493. The van der Waals surface area contributed by atoms with Crippen molar-refractivity contribution in [1.82, 2.24) is 20.1 Å².